The van der Waals surface area contributed by atoms with Crippen LogP contribution >= 0.6 is 0 Å². The fourth-order valence-electron chi connectivity index (χ4n) is 2.69. The molecule has 0 saturated carbocycles. The number of quaternary nitrogens is 1. The molecule has 0 aliphatic carbocycles. The van der Waals surface area contributed by atoms with Gasteiger partial charge in [-0.3, -0.25) is 9.59 Å². The van der Waals surface area contributed by atoms with Crippen molar-refractivity contribution in [1.82, 2.24) is 15.1 Å². The van der Waals surface area contributed by atoms with Crippen molar-refractivity contribution in [2.45, 2.75) is 27.3 Å². The molecule has 0 bridgehead atoms. The van der Waals surface area contributed by atoms with Gasteiger partial charge in [0.05, 0.1) is 37.3 Å². The molecule has 1 aromatic carbocycles. The summed E-state index contributed by atoms with van der Waals surface area (Å²) in [6.07, 6.45) is 0. The molecular weight excluding hydrogens is 328 g/mol. The molecule has 0 spiro atoms. The fraction of sp³-hybridized carbons (Fsp3) is 0.471. The van der Waals surface area contributed by atoms with E-state index in [0.717, 1.165) is 30.7 Å². The van der Waals surface area contributed by atoms with Gasteiger partial charge in [-0.05, 0) is 26.8 Å². The molecular formula is C17H25ClN4O2. The summed E-state index contributed by atoms with van der Waals surface area (Å²) in [5.74, 6) is -0.180. The van der Waals surface area contributed by atoms with Crippen LogP contribution in [-0.4, -0.2) is 41.9 Å². The van der Waals surface area contributed by atoms with Gasteiger partial charge in [-0.15, -0.1) is 0 Å². The van der Waals surface area contributed by atoms with Crippen LogP contribution in [0.4, 0.5) is 0 Å². The van der Waals surface area contributed by atoms with Crippen molar-refractivity contribution in [3.63, 3.8) is 0 Å². The first kappa shape index (κ1) is 20.1. The van der Waals surface area contributed by atoms with E-state index in [0.29, 0.717) is 11.9 Å². The number of halogens is 1. The third-order valence-corrected chi connectivity index (χ3v) is 4.15. The standard InChI is InChI=1S/C17H24N4O2.ClH/c1-4-20(5-2)11-10-18-16(22)12-21-17(23)15-9-7-6-8-14(15)13(3)19-21;/h6-9H,4-5,10-12H2,1-3H3,(H,18,22);1H. The molecule has 6 nitrogen and oxygen atoms in total. The summed E-state index contributed by atoms with van der Waals surface area (Å²) in [5.41, 5.74) is 0.524. The molecule has 132 valence electrons. The molecule has 0 fully saturated rings. The van der Waals surface area contributed by atoms with Crippen LogP contribution in [0.3, 0.4) is 0 Å². The van der Waals surface area contributed by atoms with Crippen molar-refractivity contribution < 1.29 is 22.1 Å². The summed E-state index contributed by atoms with van der Waals surface area (Å²) in [5, 5.41) is 8.55. The summed E-state index contributed by atoms with van der Waals surface area (Å²) in [6, 6.07) is 7.34. The second kappa shape index (κ2) is 9.39. The van der Waals surface area contributed by atoms with E-state index < -0.39 is 0 Å². The molecule has 0 aliphatic heterocycles. The maximum atomic E-state index is 12.4. The van der Waals surface area contributed by atoms with Gasteiger partial charge in [0.1, 0.15) is 6.54 Å². The molecule has 1 aromatic heterocycles. The van der Waals surface area contributed by atoms with Crippen LogP contribution in [0, 0.1) is 6.92 Å². The number of hydrogen-bond donors (Lipinski definition) is 2. The smallest absolute Gasteiger partial charge is 0.275 e. The number of hydrogen-bond acceptors (Lipinski definition) is 3. The van der Waals surface area contributed by atoms with Gasteiger partial charge < -0.3 is 22.6 Å². The minimum absolute atomic E-state index is 0. The van der Waals surface area contributed by atoms with Crippen molar-refractivity contribution in [2.24, 2.45) is 0 Å². The quantitative estimate of drug-likeness (QED) is 0.550. The molecule has 0 saturated heterocycles. The third-order valence-electron chi connectivity index (χ3n) is 4.15. The second-order valence-electron chi connectivity index (χ2n) is 5.65. The number of carbonyl (C=O) groups is 1. The first-order chi connectivity index (χ1) is 11.1. The number of carbonyl (C=O) groups excluding carboxylic acids is 1. The van der Waals surface area contributed by atoms with Crippen molar-refractivity contribution in [3.05, 3.63) is 40.3 Å². The number of nitrogens with one attached hydrogen (secondary N) is 2. The highest BCUT2D eigenvalue weighted by Gasteiger charge is 2.11. The Hall–Kier alpha value is -1.92. The van der Waals surface area contributed by atoms with Gasteiger partial charge in [0.2, 0.25) is 5.91 Å². The van der Waals surface area contributed by atoms with Gasteiger partial charge in [-0.25, -0.2) is 4.68 Å². The van der Waals surface area contributed by atoms with Crippen LogP contribution in [0.25, 0.3) is 10.8 Å². The van der Waals surface area contributed by atoms with Crippen LogP contribution in [-0.2, 0) is 11.3 Å². The van der Waals surface area contributed by atoms with E-state index in [2.05, 4.69) is 24.3 Å². The molecule has 0 radical (unpaired) electrons. The fourth-order valence-corrected chi connectivity index (χ4v) is 2.69. The van der Waals surface area contributed by atoms with Crippen molar-refractivity contribution in [2.75, 3.05) is 26.2 Å². The van der Waals surface area contributed by atoms with E-state index in [-0.39, 0.29) is 30.4 Å². The lowest BCUT2D eigenvalue weighted by Gasteiger charge is -2.15. The van der Waals surface area contributed by atoms with E-state index in [1.54, 1.807) is 6.07 Å². The Morgan fingerprint density at radius 3 is 2.46 bits per heavy atom. The van der Waals surface area contributed by atoms with Gasteiger partial charge in [0, 0.05) is 5.39 Å². The number of rotatable bonds is 7. The van der Waals surface area contributed by atoms with Crippen LogP contribution in [0.5, 0.6) is 0 Å². The summed E-state index contributed by atoms with van der Waals surface area (Å²) in [4.78, 5) is 25.9. The summed E-state index contributed by atoms with van der Waals surface area (Å²) < 4.78 is 1.25. The topological polar surface area (TPSA) is 68.4 Å². The molecule has 2 rings (SSSR count). The third kappa shape index (κ3) is 4.79. The minimum atomic E-state index is -0.226. The highest BCUT2D eigenvalue weighted by Crippen LogP contribution is 2.11. The van der Waals surface area contributed by atoms with Crippen LogP contribution in [0.1, 0.15) is 19.5 Å². The van der Waals surface area contributed by atoms with Crippen LogP contribution in [0.15, 0.2) is 29.1 Å². The van der Waals surface area contributed by atoms with Gasteiger partial charge in [0.15, 0.2) is 0 Å². The van der Waals surface area contributed by atoms with Crippen LogP contribution in [0.2, 0.25) is 0 Å². The maximum Gasteiger partial charge on any atom is 0.275 e. The number of aryl methyl sites for hydroxylation is 1. The van der Waals surface area contributed by atoms with Crippen LogP contribution < -0.4 is 28.2 Å². The predicted molar refractivity (Wildman–Crippen MR) is 90.7 cm³/mol. The monoisotopic (exact) mass is 352 g/mol. The summed E-state index contributed by atoms with van der Waals surface area (Å²) in [7, 11) is 0. The molecule has 24 heavy (non-hydrogen) atoms. The average molecular weight is 353 g/mol. The van der Waals surface area contributed by atoms with Gasteiger partial charge in [0.25, 0.3) is 5.56 Å². The molecule has 2 N–H and O–H groups in total. The zero-order valence-electron chi connectivity index (χ0n) is 14.4. The van der Waals surface area contributed by atoms with E-state index in [4.69, 9.17) is 0 Å². The molecule has 0 aliphatic rings. The number of aromatic nitrogens is 2. The first-order valence-corrected chi connectivity index (χ1v) is 8.13. The molecule has 0 atom stereocenters. The predicted octanol–water partition coefficient (Wildman–Crippen LogP) is -3.25. The minimum Gasteiger partial charge on any atom is -1.00 e. The summed E-state index contributed by atoms with van der Waals surface area (Å²) >= 11 is 0. The zero-order chi connectivity index (χ0) is 16.8. The van der Waals surface area contributed by atoms with Crippen molar-refractivity contribution in [1.29, 1.82) is 0 Å². The first-order valence-electron chi connectivity index (χ1n) is 8.13. The normalized spacial score (nSPS) is 10.7. The average Bonchev–Trinajstić information content (AvgIpc) is 2.56. The van der Waals surface area contributed by atoms with Gasteiger partial charge >= 0.3 is 0 Å². The van der Waals surface area contributed by atoms with E-state index in [9.17, 15) is 9.59 Å². The molecule has 7 heteroatoms. The lowest BCUT2D eigenvalue weighted by molar-refractivity contribution is -0.895. The number of nitrogens with zero attached hydrogens (tertiary/aromatic N) is 2. The Bertz CT molecular complexity index is 741. The Morgan fingerprint density at radius 2 is 1.83 bits per heavy atom. The molecule has 1 heterocycles. The number of amides is 1. The lowest BCUT2D eigenvalue weighted by atomic mass is 10.1. The van der Waals surface area contributed by atoms with Gasteiger partial charge in [-0.2, -0.15) is 5.10 Å². The number of fused-ring (bicyclic) bond motifs is 1. The van der Waals surface area contributed by atoms with E-state index in [1.165, 1.54) is 9.58 Å². The Kier molecular flexibility index (Phi) is 7.88. The zero-order valence-corrected chi connectivity index (χ0v) is 15.2. The highest BCUT2D eigenvalue weighted by atomic mass is 35.5. The summed E-state index contributed by atoms with van der Waals surface area (Å²) in [6.45, 7) is 9.63. The second-order valence-corrected chi connectivity index (χ2v) is 5.65. The number of benzene rings is 1. The Labute approximate surface area is 148 Å². The number of likely N-dealkylation sites (N-methyl/N-ethyl adjacent to an activating group) is 1. The Morgan fingerprint density at radius 1 is 1.21 bits per heavy atom. The van der Waals surface area contributed by atoms with Crippen molar-refractivity contribution >= 4 is 16.7 Å². The lowest BCUT2D eigenvalue weighted by Crippen LogP contribution is -3.12. The van der Waals surface area contributed by atoms with Gasteiger partial charge in [-0.1, -0.05) is 18.2 Å². The van der Waals surface area contributed by atoms with E-state index in [1.807, 2.05) is 25.1 Å². The molecule has 1 amide bonds. The SMILES string of the molecule is CC[NH+](CC)CCNC(=O)Cn1nc(C)c2ccccc2c1=O.[Cl-]. The largest absolute Gasteiger partial charge is 1.00 e. The van der Waals surface area contributed by atoms with E-state index >= 15 is 0 Å². The molecule has 0 unspecified atom stereocenters. The van der Waals surface area contributed by atoms with Crippen molar-refractivity contribution in [3.8, 4) is 0 Å². The molecule has 2 aromatic rings. The highest BCUT2D eigenvalue weighted by molar-refractivity contribution is 5.83. The Balaban J connectivity index is 0.00000288. The maximum absolute atomic E-state index is 12.4.